The number of aromatic nitrogens is 2. The average Bonchev–Trinajstić information content (AvgIpc) is 2.95. The van der Waals surface area contributed by atoms with Crippen LogP contribution in [0.15, 0.2) is 42.9 Å². The Morgan fingerprint density at radius 1 is 1.17 bits per heavy atom. The van der Waals surface area contributed by atoms with Crippen molar-refractivity contribution in [2.45, 2.75) is 6.92 Å². The number of carbonyl (C=O) groups excluding carboxylic acids is 3. The van der Waals surface area contributed by atoms with Crippen molar-refractivity contribution in [1.82, 2.24) is 9.38 Å². The summed E-state index contributed by atoms with van der Waals surface area (Å²) in [6.07, 6.45) is 4.49. The highest BCUT2D eigenvalue weighted by Crippen LogP contribution is 2.33. The molecule has 1 aliphatic carbocycles. The summed E-state index contributed by atoms with van der Waals surface area (Å²) in [7, 11) is 0. The molecule has 118 valence electrons. The predicted molar refractivity (Wildman–Crippen MR) is 84.5 cm³/mol. The molecule has 3 aromatic rings. The number of ketones is 2. The lowest BCUT2D eigenvalue weighted by Crippen LogP contribution is -2.23. The summed E-state index contributed by atoms with van der Waals surface area (Å²) in [5, 5.41) is 0. The highest BCUT2D eigenvalue weighted by Gasteiger charge is 2.38. The minimum atomic E-state index is -0.615. The SMILES string of the molecule is CCOC(=O)c1c2c(n3ccccc13)C(=O)c1ccncc1C2=O. The molecule has 0 saturated carbocycles. The molecule has 0 N–H and O–H groups in total. The van der Waals surface area contributed by atoms with E-state index in [9.17, 15) is 14.4 Å². The molecule has 0 fully saturated rings. The van der Waals surface area contributed by atoms with Crippen molar-refractivity contribution in [2.75, 3.05) is 6.61 Å². The van der Waals surface area contributed by atoms with Gasteiger partial charge in [0.25, 0.3) is 0 Å². The van der Waals surface area contributed by atoms with Gasteiger partial charge in [0, 0.05) is 24.2 Å². The van der Waals surface area contributed by atoms with Gasteiger partial charge in [-0.25, -0.2) is 4.79 Å². The van der Waals surface area contributed by atoms with Gasteiger partial charge in [0.05, 0.1) is 28.8 Å². The van der Waals surface area contributed by atoms with Gasteiger partial charge in [-0.3, -0.25) is 14.6 Å². The Kier molecular flexibility index (Phi) is 3.06. The van der Waals surface area contributed by atoms with Gasteiger partial charge in [-0.2, -0.15) is 0 Å². The van der Waals surface area contributed by atoms with E-state index < -0.39 is 5.97 Å². The summed E-state index contributed by atoms with van der Waals surface area (Å²) in [6, 6.07) is 6.69. The van der Waals surface area contributed by atoms with Crippen LogP contribution in [0.25, 0.3) is 5.52 Å². The van der Waals surface area contributed by atoms with E-state index >= 15 is 0 Å². The first-order valence-corrected chi connectivity index (χ1v) is 7.48. The number of pyridine rings is 2. The second kappa shape index (κ2) is 5.13. The summed E-state index contributed by atoms with van der Waals surface area (Å²) in [5.41, 5.74) is 1.38. The molecule has 0 atom stereocenters. The zero-order valence-electron chi connectivity index (χ0n) is 12.8. The Hall–Kier alpha value is -3.28. The van der Waals surface area contributed by atoms with E-state index in [4.69, 9.17) is 4.74 Å². The minimum absolute atomic E-state index is 0.0881. The Morgan fingerprint density at radius 2 is 2.00 bits per heavy atom. The Bertz CT molecular complexity index is 1030. The monoisotopic (exact) mass is 320 g/mol. The van der Waals surface area contributed by atoms with Crippen molar-refractivity contribution in [2.24, 2.45) is 0 Å². The number of fused-ring (bicyclic) bond motifs is 4. The molecule has 3 heterocycles. The molecular weight excluding hydrogens is 308 g/mol. The van der Waals surface area contributed by atoms with Crippen LogP contribution in [0.4, 0.5) is 0 Å². The van der Waals surface area contributed by atoms with Gasteiger partial charge in [-0.15, -0.1) is 0 Å². The maximum absolute atomic E-state index is 12.9. The molecule has 3 aromatic heterocycles. The molecule has 1 aliphatic rings. The van der Waals surface area contributed by atoms with E-state index in [1.165, 1.54) is 18.5 Å². The number of hydrogen-bond donors (Lipinski definition) is 0. The third kappa shape index (κ3) is 1.76. The molecule has 0 radical (unpaired) electrons. The fourth-order valence-corrected chi connectivity index (χ4v) is 3.10. The third-order valence-electron chi connectivity index (χ3n) is 4.08. The average molecular weight is 320 g/mol. The van der Waals surface area contributed by atoms with Gasteiger partial charge in [-0.05, 0) is 25.1 Å². The molecule has 4 rings (SSSR count). The quantitative estimate of drug-likeness (QED) is 0.530. The smallest absolute Gasteiger partial charge is 0.341 e. The lowest BCUT2D eigenvalue weighted by Gasteiger charge is -2.14. The second-order valence-electron chi connectivity index (χ2n) is 5.35. The Balaban J connectivity index is 2.11. The fourth-order valence-electron chi connectivity index (χ4n) is 3.10. The zero-order valence-corrected chi connectivity index (χ0v) is 12.8. The Labute approximate surface area is 136 Å². The fraction of sp³-hybridized carbons (Fsp3) is 0.111. The summed E-state index contributed by atoms with van der Waals surface area (Å²) in [4.78, 5) is 42.2. The highest BCUT2D eigenvalue weighted by atomic mass is 16.5. The first kappa shape index (κ1) is 14.3. The molecule has 6 nitrogen and oxygen atoms in total. The molecule has 6 heteroatoms. The summed E-state index contributed by atoms with van der Waals surface area (Å²) >= 11 is 0. The summed E-state index contributed by atoms with van der Waals surface area (Å²) in [6.45, 7) is 1.87. The zero-order chi connectivity index (χ0) is 16.8. The van der Waals surface area contributed by atoms with Crippen LogP contribution in [-0.2, 0) is 4.74 Å². The maximum atomic E-state index is 12.9. The summed E-state index contributed by atoms with van der Waals surface area (Å²) in [5.74, 6) is -1.31. The third-order valence-corrected chi connectivity index (χ3v) is 4.08. The number of hydrogen-bond acceptors (Lipinski definition) is 5. The lowest BCUT2D eigenvalue weighted by atomic mass is 9.87. The van der Waals surface area contributed by atoms with E-state index in [0.29, 0.717) is 11.1 Å². The molecule has 0 spiro atoms. The van der Waals surface area contributed by atoms with Gasteiger partial charge >= 0.3 is 5.97 Å². The van der Waals surface area contributed by atoms with Gasteiger partial charge in [0.15, 0.2) is 5.78 Å². The van der Waals surface area contributed by atoms with Crippen molar-refractivity contribution in [3.05, 3.63) is 70.8 Å². The van der Waals surface area contributed by atoms with Crippen LogP contribution in [0.2, 0.25) is 0 Å². The van der Waals surface area contributed by atoms with Crippen LogP contribution in [0.3, 0.4) is 0 Å². The largest absolute Gasteiger partial charge is 0.462 e. The van der Waals surface area contributed by atoms with Crippen molar-refractivity contribution in [3.8, 4) is 0 Å². The van der Waals surface area contributed by atoms with E-state index in [1.54, 1.807) is 35.7 Å². The van der Waals surface area contributed by atoms with E-state index in [2.05, 4.69) is 4.98 Å². The lowest BCUT2D eigenvalue weighted by molar-refractivity contribution is 0.0526. The van der Waals surface area contributed by atoms with Crippen LogP contribution in [-0.4, -0.2) is 33.5 Å². The number of ether oxygens (including phenoxy) is 1. The number of nitrogens with zero attached hydrogens (tertiary/aromatic N) is 2. The molecule has 0 aromatic carbocycles. The van der Waals surface area contributed by atoms with Crippen molar-refractivity contribution >= 4 is 23.1 Å². The molecule has 0 aliphatic heterocycles. The van der Waals surface area contributed by atoms with Crippen LogP contribution in [0.5, 0.6) is 0 Å². The van der Waals surface area contributed by atoms with Gasteiger partial charge in [-0.1, -0.05) is 6.07 Å². The molecule has 0 bridgehead atoms. The van der Waals surface area contributed by atoms with E-state index in [-0.39, 0.29) is 40.6 Å². The van der Waals surface area contributed by atoms with Crippen molar-refractivity contribution in [3.63, 3.8) is 0 Å². The molecular formula is C18H12N2O4. The molecule has 0 amide bonds. The second-order valence-corrected chi connectivity index (χ2v) is 5.35. The number of esters is 1. The minimum Gasteiger partial charge on any atom is -0.462 e. The number of carbonyl (C=O) groups is 3. The molecule has 0 saturated heterocycles. The molecule has 24 heavy (non-hydrogen) atoms. The Morgan fingerprint density at radius 3 is 2.79 bits per heavy atom. The first-order valence-electron chi connectivity index (χ1n) is 7.48. The predicted octanol–water partition coefficient (Wildman–Crippen LogP) is 2.29. The van der Waals surface area contributed by atoms with Crippen LogP contribution in [0, 0.1) is 0 Å². The topological polar surface area (TPSA) is 77.7 Å². The summed E-state index contributed by atoms with van der Waals surface area (Å²) < 4.78 is 6.68. The van der Waals surface area contributed by atoms with Gasteiger partial charge in [0.1, 0.15) is 5.69 Å². The highest BCUT2D eigenvalue weighted by molar-refractivity contribution is 6.31. The van der Waals surface area contributed by atoms with Crippen molar-refractivity contribution in [1.29, 1.82) is 0 Å². The van der Waals surface area contributed by atoms with E-state index in [0.717, 1.165) is 0 Å². The number of rotatable bonds is 2. The van der Waals surface area contributed by atoms with Crippen LogP contribution >= 0.6 is 0 Å². The van der Waals surface area contributed by atoms with Crippen LogP contribution in [0.1, 0.15) is 49.3 Å². The maximum Gasteiger partial charge on any atom is 0.341 e. The standard InChI is InChI=1S/C18H12N2O4/c1-2-24-18(23)13-12-5-3-4-8-20(12)15-14(13)16(21)11-9-19-7-6-10(11)17(15)22/h3-9H,2H2,1H3. The van der Waals surface area contributed by atoms with Gasteiger partial charge < -0.3 is 9.14 Å². The van der Waals surface area contributed by atoms with E-state index in [1.807, 2.05) is 0 Å². The van der Waals surface area contributed by atoms with Crippen molar-refractivity contribution < 1.29 is 19.1 Å². The van der Waals surface area contributed by atoms with Crippen LogP contribution < -0.4 is 0 Å². The normalized spacial score (nSPS) is 12.9. The molecule has 0 unspecified atom stereocenters. The first-order chi connectivity index (χ1) is 11.6. The van der Waals surface area contributed by atoms with Gasteiger partial charge in [0.2, 0.25) is 5.78 Å².